The second-order valence-corrected chi connectivity index (χ2v) is 5.73. The van der Waals surface area contributed by atoms with Gasteiger partial charge in [-0.15, -0.1) is 6.58 Å². The van der Waals surface area contributed by atoms with E-state index >= 15 is 0 Å². The highest BCUT2D eigenvalue weighted by molar-refractivity contribution is 5.87. The van der Waals surface area contributed by atoms with Crippen LogP contribution >= 0.6 is 0 Å². The van der Waals surface area contributed by atoms with Gasteiger partial charge in [0.2, 0.25) is 11.8 Å². The number of nitrogens with one attached hydrogen (secondary N) is 1. The fourth-order valence-corrected chi connectivity index (χ4v) is 2.29. The largest absolute Gasteiger partial charge is 0.344 e. The Labute approximate surface area is 133 Å². The molecule has 2 amide bonds. The van der Waals surface area contributed by atoms with Crippen molar-refractivity contribution in [3.63, 3.8) is 0 Å². The van der Waals surface area contributed by atoms with Crippen molar-refractivity contribution in [1.29, 1.82) is 0 Å². The Hall–Kier alpha value is -2.10. The van der Waals surface area contributed by atoms with Crippen molar-refractivity contribution < 1.29 is 9.59 Å². The van der Waals surface area contributed by atoms with Crippen molar-refractivity contribution in [3.8, 4) is 0 Å². The third kappa shape index (κ3) is 5.72. The molecule has 4 heteroatoms. The Balaban J connectivity index is 2.76. The predicted molar refractivity (Wildman–Crippen MR) is 89.4 cm³/mol. The van der Waals surface area contributed by atoms with E-state index in [1.165, 1.54) is 12.5 Å². The van der Waals surface area contributed by atoms with E-state index in [1.807, 2.05) is 44.2 Å². The minimum atomic E-state index is -0.492. The predicted octanol–water partition coefficient (Wildman–Crippen LogP) is 2.40. The summed E-state index contributed by atoms with van der Waals surface area (Å²) in [5.41, 5.74) is 1.19. The molecule has 0 fully saturated rings. The quantitative estimate of drug-likeness (QED) is 0.750. The third-order valence-electron chi connectivity index (χ3n) is 3.47. The molecule has 0 heterocycles. The Kier molecular flexibility index (Phi) is 7.37. The summed E-state index contributed by atoms with van der Waals surface area (Å²) in [6.07, 6.45) is 2.50. The monoisotopic (exact) mass is 302 g/mol. The Morgan fingerprint density at radius 3 is 2.41 bits per heavy atom. The highest BCUT2D eigenvalue weighted by Gasteiger charge is 2.27. The number of hydrogen-bond acceptors (Lipinski definition) is 2. The van der Waals surface area contributed by atoms with Crippen LogP contribution in [0.15, 0.2) is 43.0 Å². The Bertz CT molecular complexity index is 497. The van der Waals surface area contributed by atoms with Gasteiger partial charge in [0.25, 0.3) is 0 Å². The zero-order valence-electron chi connectivity index (χ0n) is 13.7. The maximum absolute atomic E-state index is 12.7. The van der Waals surface area contributed by atoms with Gasteiger partial charge in [-0.2, -0.15) is 0 Å². The standard InChI is InChI=1S/C18H26N2O2/c1-5-12-20(13-11-16-9-7-6-8-10-16)18(22)17(14(2)3)19-15(4)21/h5-10,14,17H,1,11-13H2,2-4H3,(H,19,21). The number of carbonyl (C=O) groups is 2. The van der Waals surface area contributed by atoms with E-state index < -0.39 is 6.04 Å². The van der Waals surface area contributed by atoms with Crippen LogP contribution in [0.25, 0.3) is 0 Å². The Morgan fingerprint density at radius 2 is 1.91 bits per heavy atom. The van der Waals surface area contributed by atoms with Gasteiger partial charge in [-0.05, 0) is 17.9 Å². The molecular weight excluding hydrogens is 276 g/mol. The van der Waals surface area contributed by atoms with Gasteiger partial charge >= 0.3 is 0 Å². The summed E-state index contributed by atoms with van der Waals surface area (Å²) in [7, 11) is 0. The lowest BCUT2D eigenvalue weighted by molar-refractivity contribution is -0.136. The number of nitrogens with zero attached hydrogens (tertiary/aromatic N) is 1. The molecule has 22 heavy (non-hydrogen) atoms. The molecule has 0 saturated heterocycles. The van der Waals surface area contributed by atoms with Gasteiger partial charge < -0.3 is 10.2 Å². The molecule has 1 rings (SSSR count). The van der Waals surface area contributed by atoms with E-state index in [9.17, 15) is 9.59 Å². The second-order valence-electron chi connectivity index (χ2n) is 5.73. The smallest absolute Gasteiger partial charge is 0.245 e. The molecule has 1 atom stereocenters. The van der Waals surface area contributed by atoms with Crippen LogP contribution in [0.4, 0.5) is 0 Å². The van der Waals surface area contributed by atoms with Crippen LogP contribution in [0.3, 0.4) is 0 Å². The fourth-order valence-electron chi connectivity index (χ4n) is 2.29. The summed E-state index contributed by atoms with van der Waals surface area (Å²) in [5.74, 6) is -0.199. The first kappa shape index (κ1) is 18.0. The molecule has 0 aliphatic rings. The van der Waals surface area contributed by atoms with Crippen LogP contribution in [-0.2, 0) is 16.0 Å². The Morgan fingerprint density at radius 1 is 1.27 bits per heavy atom. The molecule has 1 unspecified atom stereocenters. The van der Waals surface area contributed by atoms with Crippen molar-refractivity contribution >= 4 is 11.8 Å². The molecule has 120 valence electrons. The van der Waals surface area contributed by atoms with Crippen molar-refractivity contribution in [2.24, 2.45) is 5.92 Å². The highest BCUT2D eigenvalue weighted by Crippen LogP contribution is 2.09. The van der Waals surface area contributed by atoms with Gasteiger partial charge in [0.15, 0.2) is 0 Å². The highest BCUT2D eigenvalue weighted by atomic mass is 16.2. The van der Waals surface area contributed by atoms with Crippen molar-refractivity contribution in [2.75, 3.05) is 13.1 Å². The van der Waals surface area contributed by atoms with E-state index in [4.69, 9.17) is 0 Å². The maximum atomic E-state index is 12.7. The van der Waals surface area contributed by atoms with Crippen LogP contribution in [0.5, 0.6) is 0 Å². The summed E-state index contributed by atoms with van der Waals surface area (Å²) in [4.78, 5) is 25.8. The normalized spacial score (nSPS) is 11.8. The first-order valence-electron chi connectivity index (χ1n) is 7.66. The van der Waals surface area contributed by atoms with Crippen molar-refractivity contribution in [3.05, 3.63) is 48.6 Å². The summed E-state index contributed by atoms with van der Waals surface area (Å²) in [6, 6.07) is 9.55. The average Bonchev–Trinajstić information content (AvgIpc) is 2.49. The second kappa shape index (κ2) is 9.03. The summed E-state index contributed by atoms with van der Waals surface area (Å²) in [5, 5.41) is 2.75. The lowest BCUT2D eigenvalue weighted by atomic mass is 10.0. The SMILES string of the molecule is C=CCN(CCc1ccccc1)C(=O)C(NC(C)=O)C(C)C. The van der Waals surface area contributed by atoms with E-state index in [1.54, 1.807) is 11.0 Å². The number of hydrogen-bond donors (Lipinski definition) is 1. The molecule has 1 aromatic carbocycles. The minimum absolute atomic E-state index is 0.0421. The van der Waals surface area contributed by atoms with E-state index in [0.717, 1.165) is 6.42 Å². The summed E-state index contributed by atoms with van der Waals surface area (Å²) in [6.45, 7) is 10.1. The van der Waals surface area contributed by atoms with E-state index in [-0.39, 0.29) is 17.7 Å². The van der Waals surface area contributed by atoms with Gasteiger partial charge in [0, 0.05) is 20.0 Å². The number of amides is 2. The lowest BCUT2D eigenvalue weighted by Crippen LogP contribution is -2.51. The molecule has 0 aliphatic carbocycles. The fraction of sp³-hybridized carbons (Fsp3) is 0.444. The van der Waals surface area contributed by atoms with Gasteiger partial charge in [0.05, 0.1) is 0 Å². The van der Waals surface area contributed by atoms with Gasteiger partial charge in [-0.25, -0.2) is 0 Å². The summed E-state index contributed by atoms with van der Waals surface area (Å²) >= 11 is 0. The third-order valence-corrected chi connectivity index (χ3v) is 3.47. The molecular formula is C18H26N2O2. The van der Waals surface area contributed by atoms with E-state index in [2.05, 4.69) is 11.9 Å². The van der Waals surface area contributed by atoms with Gasteiger partial charge in [0.1, 0.15) is 6.04 Å². The zero-order chi connectivity index (χ0) is 16.5. The molecule has 0 aliphatic heterocycles. The lowest BCUT2D eigenvalue weighted by Gasteiger charge is -2.29. The number of benzene rings is 1. The van der Waals surface area contributed by atoms with E-state index in [0.29, 0.717) is 13.1 Å². The minimum Gasteiger partial charge on any atom is -0.344 e. The molecule has 4 nitrogen and oxygen atoms in total. The van der Waals surface area contributed by atoms with Crippen LogP contribution in [0, 0.1) is 5.92 Å². The van der Waals surface area contributed by atoms with Gasteiger partial charge in [-0.1, -0.05) is 50.3 Å². The van der Waals surface area contributed by atoms with Gasteiger partial charge in [-0.3, -0.25) is 9.59 Å². The first-order chi connectivity index (χ1) is 10.5. The number of carbonyl (C=O) groups excluding carboxylic acids is 2. The van der Waals surface area contributed by atoms with Crippen LogP contribution < -0.4 is 5.32 Å². The summed E-state index contributed by atoms with van der Waals surface area (Å²) < 4.78 is 0. The van der Waals surface area contributed by atoms with Crippen LogP contribution in [0.2, 0.25) is 0 Å². The molecule has 0 radical (unpaired) electrons. The van der Waals surface area contributed by atoms with Crippen LogP contribution in [-0.4, -0.2) is 35.8 Å². The maximum Gasteiger partial charge on any atom is 0.245 e. The molecule has 0 aromatic heterocycles. The average molecular weight is 302 g/mol. The molecule has 0 saturated carbocycles. The zero-order valence-corrected chi connectivity index (χ0v) is 13.7. The molecule has 1 aromatic rings. The molecule has 0 bridgehead atoms. The number of rotatable bonds is 8. The molecule has 1 N–H and O–H groups in total. The van der Waals surface area contributed by atoms with Crippen molar-refractivity contribution in [2.45, 2.75) is 33.2 Å². The molecule has 0 spiro atoms. The van der Waals surface area contributed by atoms with Crippen LogP contribution in [0.1, 0.15) is 26.3 Å². The van der Waals surface area contributed by atoms with Crippen molar-refractivity contribution in [1.82, 2.24) is 10.2 Å². The topological polar surface area (TPSA) is 49.4 Å². The first-order valence-corrected chi connectivity index (χ1v) is 7.66.